The van der Waals surface area contributed by atoms with E-state index >= 15 is 0 Å². The third-order valence-electron chi connectivity index (χ3n) is 1.23. The molecule has 0 amide bonds. The zero-order valence-electron chi connectivity index (χ0n) is 6.64. The lowest BCUT2D eigenvalue weighted by Crippen LogP contribution is -2.34. The van der Waals surface area contributed by atoms with Crippen molar-refractivity contribution in [2.45, 2.75) is 23.6 Å². The quantitative estimate of drug-likeness (QED) is 0.716. The summed E-state index contributed by atoms with van der Waals surface area (Å²) in [7, 11) is 0. The summed E-state index contributed by atoms with van der Waals surface area (Å²) < 4.78 is 36.1. The molecule has 0 bridgehead atoms. The highest BCUT2D eigenvalue weighted by molar-refractivity contribution is 8.00. The van der Waals surface area contributed by atoms with Gasteiger partial charge < -0.3 is 10.8 Å². The first kappa shape index (κ1) is 12.1. The van der Waals surface area contributed by atoms with Crippen molar-refractivity contribution in [2.75, 3.05) is 13.2 Å². The number of hydrogen-bond acceptors (Lipinski definition) is 3. The summed E-state index contributed by atoms with van der Waals surface area (Å²) in [5.41, 5.74) is 4.94. The molecule has 0 aliphatic heterocycles. The zero-order valence-corrected chi connectivity index (χ0v) is 7.45. The Morgan fingerprint density at radius 3 is 2.25 bits per heavy atom. The van der Waals surface area contributed by atoms with Gasteiger partial charge in [-0.25, -0.2) is 0 Å². The molecule has 74 valence electrons. The summed E-state index contributed by atoms with van der Waals surface area (Å²) in [4.78, 5) is 0. The van der Waals surface area contributed by atoms with Gasteiger partial charge in [0.25, 0.3) is 0 Å². The van der Waals surface area contributed by atoms with Gasteiger partial charge in [-0.05, 0) is 0 Å². The van der Waals surface area contributed by atoms with Gasteiger partial charge in [-0.15, -0.1) is 11.8 Å². The number of halogens is 3. The predicted molar refractivity (Wildman–Crippen MR) is 43.0 cm³/mol. The van der Waals surface area contributed by atoms with Crippen LogP contribution in [-0.4, -0.2) is 34.9 Å². The normalized spacial score (nSPS) is 17.5. The van der Waals surface area contributed by atoms with Gasteiger partial charge in [0.2, 0.25) is 0 Å². The lowest BCUT2D eigenvalue weighted by Gasteiger charge is -2.20. The molecule has 0 spiro atoms. The fraction of sp³-hybridized carbons (Fsp3) is 1.00. The molecule has 2 nitrogen and oxygen atoms in total. The molecule has 0 radical (unpaired) electrons. The van der Waals surface area contributed by atoms with Crippen LogP contribution in [0.25, 0.3) is 0 Å². The second-order valence-electron chi connectivity index (χ2n) is 2.40. The molecule has 3 N–H and O–H groups in total. The van der Waals surface area contributed by atoms with Crippen molar-refractivity contribution >= 4 is 11.8 Å². The molecular weight excluding hydrogens is 191 g/mol. The van der Waals surface area contributed by atoms with Gasteiger partial charge in [0.15, 0.2) is 0 Å². The molecule has 0 rings (SSSR count). The minimum absolute atomic E-state index is 0.267. The number of hydrogen-bond donors (Lipinski definition) is 2. The van der Waals surface area contributed by atoms with E-state index in [1.165, 1.54) is 6.92 Å². The van der Waals surface area contributed by atoms with Crippen LogP contribution in [0.15, 0.2) is 0 Å². The summed E-state index contributed by atoms with van der Waals surface area (Å²) in [6.07, 6.45) is -4.27. The number of rotatable bonds is 4. The van der Waals surface area contributed by atoms with Gasteiger partial charge in [0.05, 0.1) is 6.61 Å². The van der Waals surface area contributed by atoms with Crippen LogP contribution < -0.4 is 5.73 Å². The highest BCUT2D eigenvalue weighted by Crippen LogP contribution is 2.31. The molecule has 0 aromatic carbocycles. The van der Waals surface area contributed by atoms with E-state index in [0.29, 0.717) is 11.8 Å². The molecule has 0 saturated heterocycles. The maximum atomic E-state index is 12.0. The zero-order chi connectivity index (χ0) is 9.78. The van der Waals surface area contributed by atoms with Crippen molar-refractivity contribution in [2.24, 2.45) is 5.73 Å². The molecule has 0 fully saturated rings. The summed E-state index contributed by atoms with van der Waals surface area (Å²) in [5.74, 6) is 0. The van der Waals surface area contributed by atoms with Crippen LogP contribution in [0.2, 0.25) is 0 Å². The lowest BCUT2D eigenvalue weighted by molar-refractivity contribution is -0.126. The first-order chi connectivity index (χ1) is 5.41. The van der Waals surface area contributed by atoms with Crippen LogP contribution in [0.3, 0.4) is 0 Å². The third kappa shape index (κ3) is 4.18. The third-order valence-corrected chi connectivity index (χ3v) is 2.63. The Kier molecular flexibility index (Phi) is 4.96. The largest absolute Gasteiger partial charge is 0.401 e. The first-order valence-corrected chi connectivity index (χ1v) is 4.39. The van der Waals surface area contributed by atoms with Crippen molar-refractivity contribution in [3.05, 3.63) is 0 Å². The molecular formula is C6H12F3NOS. The summed E-state index contributed by atoms with van der Waals surface area (Å²) in [6.45, 7) is 0.814. The molecule has 0 aromatic heterocycles. The Bertz CT molecular complexity index is 130. The highest BCUT2D eigenvalue weighted by Gasteiger charge is 2.39. The molecule has 0 aliphatic rings. The molecule has 0 aliphatic carbocycles. The molecule has 2 unspecified atom stereocenters. The molecule has 0 aromatic rings. The lowest BCUT2D eigenvalue weighted by atomic mass is 10.4. The van der Waals surface area contributed by atoms with Gasteiger partial charge in [0.1, 0.15) is 5.25 Å². The number of nitrogens with two attached hydrogens (primary N) is 1. The number of thioether (sulfide) groups is 1. The van der Waals surface area contributed by atoms with E-state index in [2.05, 4.69) is 0 Å². The maximum absolute atomic E-state index is 12.0. The average Bonchev–Trinajstić information content (AvgIpc) is 1.97. The summed E-state index contributed by atoms with van der Waals surface area (Å²) in [6, 6.07) is 0. The Morgan fingerprint density at radius 1 is 1.50 bits per heavy atom. The van der Waals surface area contributed by atoms with E-state index in [9.17, 15) is 13.2 Å². The molecule has 0 heterocycles. The van der Waals surface area contributed by atoms with E-state index in [4.69, 9.17) is 10.8 Å². The van der Waals surface area contributed by atoms with E-state index in [0.717, 1.165) is 0 Å². The minimum atomic E-state index is -4.27. The SMILES string of the molecule is CC(CO)SC(CN)C(F)(F)F. The van der Waals surface area contributed by atoms with Crippen molar-refractivity contribution < 1.29 is 18.3 Å². The Balaban J connectivity index is 4.00. The van der Waals surface area contributed by atoms with Gasteiger partial charge in [-0.1, -0.05) is 6.92 Å². The van der Waals surface area contributed by atoms with Gasteiger partial charge in [-0.2, -0.15) is 13.2 Å². The Labute approximate surface area is 73.3 Å². The fourth-order valence-corrected chi connectivity index (χ4v) is 1.50. The van der Waals surface area contributed by atoms with Crippen molar-refractivity contribution in [1.29, 1.82) is 0 Å². The van der Waals surface area contributed by atoms with Gasteiger partial charge >= 0.3 is 6.18 Å². The smallest absolute Gasteiger partial charge is 0.395 e. The Hall–Kier alpha value is 0.0600. The first-order valence-electron chi connectivity index (χ1n) is 3.45. The fourth-order valence-electron chi connectivity index (χ4n) is 0.590. The van der Waals surface area contributed by atoms with E-state index < -0.39 is 23.2 Å². The minimum Gasteiger partial charge on any atom is -0.395 e. The second-order valence-corrected chi connectivity index (χ2v) is 4.04. The number of alkyl halides is 3. The van der Waals surface area contributed by atoms with Gasteiger partial charge in [0, 0.05) is 11.8 Å². The van der Waals surface area contributed by atoms with Crippen molar-refractivity contribution in [3.63, 3.8) is 0 Å². The monoisotopic (exact) mass is 203 g/mol. The molecule has 2 atom stereocenters. The molecule has 6 heteroatoms. The number of aliphatic hydroxyl groups is 1. The van der Waals surface area contributed by atoms with Crippen molar-refractivity contribution in [3.8, 4) is 0 Å². The molecule has 0 saturated carbocycles. The van der Waals surface area contributed by atoms with Crippen LogP contribution in [-0.2, 0) is 0 Å². The van der Waals surface area contributed by atoms with Crippen LogP contribution in [0.4, 0.5) is 13.2 Å². The summed E-state index contributed by atoms with van der Waals surface area (Å²) in [5, 5.41) is 6.52. The second kappa shape index (κ2) is 4.94. The molecule has 12 heavy (non-hydrogen) atoms. The predicted octanol–water partition coefficient (Wildman–Crippen LogP) is 0.990. The topological polar surface area (TPSA) is 46.2 Å². The Morgan fingerprint density at radius 2 is 2.00 bits per heavy atom. The van der Waals surface area contributed by atoms with E-state index in [-0.39, 0.29) is 6.61 Å². The average molecular weight is 203 g/mol. The van der Waals surface area contributed by atoms with Crippen LogP contribution in [0.1, 0.15) is 6.92 Å². The van der Waals surface area contributed by atoms with Crippen LogP contribution in [0.5, 0.6) is 0 Å². The highest BCUT2D eigenvalue weighted by atomic mass is 32.2. The standard InChI is InChI=1S/C6H12F3NOS/c1-4(3-11)12-5(2-10)6(7,8)9/h4-5,11H,2-3,10H2,1H3. The number of aliphatic hydroxyl groups excluding tert-OH is 1. The van der Waals surface area contributed by atoms with Crippen molar-refractivity contribution in [1.82, 2.24) is 0 Å². The van der Waals surface area contributed by atoms with Gasteiger partial charge in [-0.3, -0.25) is 0 Å². The van der Waals surface area contributed by atoms with Crippen LogP contribution in [0, 0.1) is 0 Å². The summed E-state index contributed by atoms with van der Waals surface area (Å²) >= 11 is 0.652. The van der Waals surface area contributed by atoms with E-state index in [1.807, 2.05) is 0 Å². The van der Waals surface area contributed by atoms with E-state index in [1.54, 1.807) is 0 Å². The maximum Gasteiger partial charge on any atom is 0.401 e. The van der Waals surface area contributed by atoms with Crippen LogP contribution >= 0.6 is 11.8 Å².